The molecule has 0 saturated carbocycles. The van der Waals surface area contributed by atoms with E-state index in [-0.39, 0.29) is 0 Å². The standard InChI is InChI=1S/C27H22S/c1-16-13-24-17(2)18-11-12-28-27(18)15-26(24)23(16)14-25-21-9-5-3-7-19(21)20-8-4-6-10-22(20)25/h3-13,15,25,27H,14H2,1-2H3. The molecule has 0 nitrogen and oxygen atoms in total. The molecule has 0 N–H and O–H groups in total. The second-order valence-corrected chi connectivity index (χ2v) is 9.22. The van der Waals surface area contributed by atoms with Gasteiger partial charge in [-0.05, 0) is 81.4 Å². The quantitative estimate of drug-likeness (QED) is 0.527. The fourth-order valence-electron chi connectivity index (χ4n) is 5.35. The number of thioether (sulfide) groups is 1. The van der Waals surface area contributed by atoms with Crippen LogP contribution in [-0.2, 0) is 0 Å². The minimum Gasteiger partial charge on any atom is -0.122 e. The molecule has 28 heavy (non-hydrogen) atoms. The zero-order chi connectivity index (χ0) is 18.8. The molecule has 2 aromatic carbocycles. The molecule has 0 saturated heterocycles. The van der Waals surface area contributed by atoms with Gasteiger partial charge in [0.25, 0.3) is 0 Å². The fourth-order valence-corrected chi connectivity index (χ4v) is 6.36. The molecule has 3 aliphatic carbocycles. The number of hydrogen-bond donors (Lipinski definition) is 0. The van der Waals surface area contributed by atoms with Gasteiger partial charge in [0.15, 0.2) is 0 Å². The van der Waals surface area contributed by atoms with E-state index >= 15 is 0 Å². The molecule has 1 heterocycles. The molecule has 136 valence electrons. The molecule has 0 fully saturated rings. The van der Waals surface area contributed by atoms with Gasteiger partial charge in [-0.25, -0.2) is 0 Å². The Kier molecular flexibility index (Phi) is 3.52. The largest absolute Gasteiger partial charge is 0.122 e. The predicted octanol–water partition coefficient (Wildman–Crippen LogP) is 7.33. The Bertz CT molecular complexity index is 1140. The lowest BCUT2D eigenvalue weighted by atomic mass is 9.82. The summed E-state index contributed by atoms with van der Waals surface area (Å²) in [6.07, 6.45) is 8.31. The first-order valence-corrected chi connectivity index (χ1v) is 11.0. The normalized spacial score (nSPS) is 22.1. The summed E-state index contributed by atoms with van der Waals surface area (Å²) in [5, 5.41) is 2.75. The zero-order valence-electron chi connectivity index (χ0n) is 16.2. The van der Waals surface area contributed by atoms with Gasteiger partial charge in [0.05, 0.1) is 5.25 Å². The van der Waals surface area contributed by atoms with Crippen LogP contribution in [0, 0.1) is 0 Å². The number of fused-ring (bicyclic) bond motifs is 5. The molecule has 1 unspecified atom stereocenters. The van der Waals surface area contributed by atoms with Gasteiger partial charge < -0.3 is 0 Å². The first-order chi connectivity index (χ1) is 13.7. The molecule has 0 spiro atoms. The van der Waals surface area contributed by atoms with Crippen molar-refractivity contribution < 1.29 is 0 Å². The number of allylic oxidation sites excluding steroid dienone is 7. The van der Waals surface area contributed by atoms with E-state index in [0.717, 1.165) is 6.42 Å². The smallest absolute Gasteiger partial charge is 0.0530 e. The lowest BCUT2D eigenvalue weighted by molar-refractivity contribution is 0.820. The molecule has 0 aromatic heterocycles. The molecular weight excluding hydrogens is 356 g/mol. The summed E-state index contributed by atoms with van der Waals surface area (Å²) in [7, 11) is 0. The maximum atomic E-state index is 2.51. The second kappa shape index (κ2) is 5.99. The van der Waals surface area contributed by atoms with Crippen molar-refractivity contribution in [2.75, 3.05) is 0 Å². The molecule has 1 aliphatic heterocycles. The summed E-state index contributed by atoms with van der Waals surface area (Å²) in [6.45, 7) is 4.60. The van der Waals surface area contributed by atoms with Crippen molar-refractivity contribution in [1.82, 2.24) is 0 Å². The lowest BCUT2D eigenvalue weighted by Crippen LogP contribution is -2.11. The Hall–Kier alpha value is -2.51. The average Bonchev–Trinajstić information content (AvgIpc) is 3.39. The Labute approximate surface area is 171 Å². The van der Waals surface area contributed by atoms with Gasteiger partial charge in [0, 0.05) is 5.92 Å². The third kappa shape index (κ3) is 2.20. The highest BCUT2D eigenvalue weighted by Gasteiger charge is 2.34. The summed E-state index contributed by atoms with van der Waals surface area (Å²) in [4.78, 5) is 0. The molecule has 4 aliphatic rings. The number of hydrogen-bond acceptors (Lipinski definition) is 1. The molecule has 6 rings (SSSR count). The Morgan fingerprint density at radius 3 is 2.25 bits per heavy atom. The third-order valence-electron chi connectivity index (χ3n) is 6.76. The van der Waals surface area contributed by atoms with E-state index in [0.29, 0.717) is 11.2 Å². The van der Waals surface area contributed by atoms with E-state index in [1.165, 1.54) is 55.7 Å². The van der Waals surface area contributed by atoms with Crippen LogP contribution in [0.1, 0.15) is 37.3 Å². The highest BCUT2D eigenvalue weighted by Crippen LogP contribution is 2.52. The second-order valence-electron chi connectivity index (χ2n) is 8.17. The van der Waals surface area contributed by atoms with Crippen molar-refractivity contribution >= 4 is 11.8 Å². The molecule has 0 bridgehead atoms. The van der Waals surface area contributed by atoms with Crippen LogP contribution in [0.3, 0.4) is 0 Å². The van der Waals surface area contributed by atoms with E-state index in [1.54, 1.807) is 0 Å². The van der Waals surface area contributed by atoms with Crippen LogP contribution in [0.15, 0.2) is 106 Å². The first kappa shape index (κ1) is 16.4. The molecule has 0 radical (unpaired) electrons. The SMILES string of the molecule is CC1=C(CC2c3ccccc3-c3ccccc32)C2=CC3SC=CC3=C(C)C2=C1. The zero-order valence-corrected chi connectivity index (χ0v) is 17.0. The van der Waals surface area contributed by atoms with Crippen molar-refractivity contribution in [3.63, 3.8) is 0 Å². The maximum absolute atomic E-state index is 2.51. The number of rotatable bonds is 2. The predicted molar refractivity (Wildman–Crippen MR) is 120 cm³/mol. The third-order valence-corrected chi connectivity index (χ3v) is 7.73. The van der Waals surface area contributed by atoms with Gasteiger partial charge in [0.2, 0.25) is 0 Å². The average molecular weight is 379 g/mol. The highest BCUT2D eigenvalue weighted by atomic mass is 32.2. The molecule has 0 amide bonds. The van der Waals surface area contributed by atoms with Crippen LogP contribution < -0.4 is 0 Å². The topological polar surface area (TPSA) is 0 Å². The fraction of sp³-hybridized carbons (Fsp3) is 0.185. The van der Waals surface area contributed by atoms with Crippen LogP contribution in [0.5, 0.6) is 0 Å². The summed E-state index contributed by atoms with van der Waals surface area (Å²) in [6, 6.07) is 17.9. The Balaban J connectivity index is 1.43. The van der Waals surface area contributed by atoms with Crippen LogP contribution in [0.4, 0.5) is 0 Å². The van der Waals surface area contributed by atoms with Crippen LogP contribution in [0.25, 0.3) is 11.1 Å². The van der Waals surface area contributed by atoms with Gasteiger partial charge >= 0.3 is 0 Å². The van der Waals surface area contributed by atoms with Crippen molar-refractivity contribution in [2.24, 2.45) is 0 Å². The van der Waals surface area contributed by atoms with Crippen molar-refractivity contribution in [3.05, 3.63) is 117 Å². The molecular formula is C27H22S. The monoisotopic (exact) mass is 378 g/mol. The van der Waals surface area contributed by atoms with Crippen LogP contribution in [0.2, 0.25) is 0 Å². The summed E-state index contributed by atoms with van der Waals surface area (Å²) < 4.78 is 0. The highest BCUT2D eigenvalue weighted by molar-refractivity contribution is 8.03. The van der Waals surface area contributed by atoms with Gasteiger partial charge in [-0.3, -0.25) is 0 Å². The van der Waals surface area contributed by atoms with E-state index < -0.39 is 0 Å². The minimum atomic E-state index is 0.450. The molecule has 1 atom stereocenters. The van der Waals surface area contributed by atoms with E-state index in [9.17, 15) is 0 Å². The van der Waals surface area contributed by atoms with Gasteiger partial charge in [-0.2, -0.15) is 0 Å². The first-order valence-electron chi connectivity index (χ1n) is 10.1. The van der Waals surface area contributed by atoms with E-state index in [1.807, 2.05) is 11.8 Å². The van der Waals surface area contributed by atoms with E-state index in [2.05, 4.69) is 86.0 Å². The minimum absolute atomic E-state index is 0.450. The summed E-state index contributed by atoms with van der Waals surface area (Å²) >= 11 is 1.94. The van der Waals surface area contributed by atoms with Gasteiger partial charge in [0.1, 0.15) is 0 Å². The molecule has 1 heteroatoms. The summed E-state index contributed by atoms with van der Waals surface area (Å²) in [5.41, 5.74) is 14.7. The van der Waals surface area contributed by atoms with Crippen LogP contribution in [-0.4, -0.2) is 5.25 Å². The van der Waals surface area contributed by atoms with E-state index in [4.69, 9.17) is 0 Å². The van der Waals surface area contributed by atoms with Crippen molar-refractivity contribution in [1.29, 1.82) is 0 Å². The van der Waals surface area contributed by atoms with Gasteiger partial charge in [-0.1, -0.05) is 66.8 Å². The lowest BCUT2D eigenvalue weighted by Gasteiger charge is -2.24. The van der Waals surface area contributed by atoms with Crippen LogP contribution >= 0.6 is 11.8 Å². The Morgan fingerprint density at radius 1 is 0.857 bits per heavy atom. The maximum Gasteiger partial charge on any atom is 0.0530 e. The van der Waals surface area contributed by atoms with Crippen molar-refractivity contribution in [2.45, 2.75) is 31.4 Å². The Morgan fingerprint density at radius 2 is 1.54 bits per heavy atom. The number of benzene rings is 2. The van der Waals surface area contributed by atoms with Gasteiger partial charge in [-0.15, -0.1) is 11.8 Å². The van der Waals surface area contributed by atoms with Crippen molar-refractivity contribution in [3.8, 4) is 11.1 Å². The molecule has 2 aromatic rings. The summed E-state index contributed by atoms with van der Waals surface area (Å²) in [5.74, 6) is 0.450.